The van der Waals surface area contributed by atoms with Gasteiger partial charge in [0, 0.05) is 24.8 Å². The second-order valence-corrected chi connectivity index (χ2v) is 7.65. The maximum absolute atomic E-state index is 13.0. The second kappa shape index (κ2) is 9.04. The third-order valence-electron chi connectivity index (χ3n) is 5.59. The summed E-state index contributed by atoms with van der Waals surface area (Å²) in [7, 11) is 1.50. The predicted molar refractivity (Wildman–Crippen MR) is 119 cm³/mol. The average Bonchev–Trinajstić information content (AvgIpc) is 3.07. The lowest BCUT2D eigenvalue weighted by Gasteiger charge is -2.26. The van der Waals surface area contributed by atoms with Crippen molar-refractivity contribution in [3.63, 3.8) is 0 Å². The molecule has 31 heavy (non-hydrogen) atoms. The molecule has 2 aliphatic heterocycles. The van der Waals surface area contributed by atoms with Crippen LogP contribution in [0.15, 0.2) is 54.1 Å². The van der Waals surface area contributed by atoms with Gasteiger partial charge in [-0.05, 0) is 48.7 Å². The molecule has 7 nitrogen and oxygen atoms in total. The standard InChI is InChI=1S/C24H25N3O4/c1-31-20-8-6-7-19(16-20)27-23(29)21(22(28)25-24(27)30)15-17-9-11-18(12-10-17)26-13-4-2-3-5-14-26/h6-12,15-16H,2-5,13-14H2,1H3,(H,25,28,30)/b21-15+. The van der Waals surface area contributed by atoms with Crippen LogP contribution < -0.4 is 19.9 Å². The molecule has 4 rings (SSSR count). The normalized spacial score (nSPS) is 18.7. The van der Waals surface area contributed by atoms with Gasteiger partial charge < -0.3 is 9.64 Å². The number of barbiturate groups is 1. The number of urea groups is 1. The number of nitrogens with one attached hydrogen (secondary N) is 1. The van der Waals surface area contributed by atoms with E-state index in [2.05, 4.69) is 10.2 Å². The van der Waals surface area contributed by atoms with Crippen LogP contribution in [0.25, 0.3) is 6.08 Å². The third kappa shape index (κ3) is 4.45. The summed E-state index contributed by atoms with van der Waals surface area (Å²) < 4.78 is 5.17. The Labute approximate surface area is 181 Å². The number of rotatable bonds is 4. The van der Waals surface area contributed by atoms with Gasteiger partial charge in [-0.25, -0.2) is 9.69 Å². The van der Waals surface area contributed by atoms with Crippen molar-refractivity contribution >= 4 is 35.3 Å². The number of methoxy groups -OCH3 is 1. The maximum atomic E-state index is 13.0. The van der Waals surface area contributed by atoms with E-state index in [0.717, 1.165) is 29.2 Å². The molecule has 2 saturated heterocycles. The largest absolute Gasteiger partial charge is 0.497 e. The van der Waals surface area contributed by atoms with Crippen molar-refractivity contribution in [1.29, 1.82) is 0 Å². The van der Waals surface area contributed by atoms with Crippen LogP contribution in [0.4, 0.5) is 16.2 Å². The molecule has 1 N–H and O–H groups in total. The number of carbonyl (C=O) groups is 3. The van der Waals surface area contributed by atoms with Crippen LogP contribution in [0, 0.1) is 0 Å². The van der Waals surface area contributed by atoms with Gasteiger partial charge in [0.1, 0.15) is 11.3 Å². The van der Waals surface area contributed by atoms with Gasteiger partial charge in [-0.2, -0.15) is 0 Å². The van der Waals surface area contributed by atoms with Gasteiger partial charge >= 0.3 is 6.03 Å². The van der Waals surface area contributed by atoms with E-state index in [0.29, 0.717) is 11.4 Å². The van der Waals surface area contributed by atoms with Crippen molar-refractivity contribution in [1.82, 2.24) is 5.32 Å². The first kappa shape index (κ1) is 20.7. The summed E-state index contributed by atoms with van der Waals surface area (Å²) >= 11 is 0. The number of imide groups is 2. The molecule has 2 aromatic carbocycles. The van der Waals surface area contributed by atoms with Crippen LogP contribution in [0.5, 0.6) is 5.75 Å². The molecule has 2 fully saturated rings. The molecule has 160 valence electrons. The molecule has 2 heterocycles. The van der Waals surface area contributed by atoms with E-state index >= 15 is 0 Å². The van der Waals surface area contributed by atoms with E-state index in [-0.39, 0.29) is 5.57 Å². The number of ether oxygens (including phenoxy) is 1. The zero-order valence-corrected chi connectivity index (χ0v) is 17.5. The van der Waals surface area contributed by atoms with Crippen LogP contribution in [0.3, 0.4) is 0 Å². The summed E-state index contributed by atoms with van der Waals surface area (Å²) in [5.74, 6) is -0.867. The van der Waals surface area contributed by atoms with Crippen LogP contribution >= 0.6 is 0 Å². The number of hydrogen-bond donors (Lipinski definition) is 1. The highest BCUT2D eigenvalue weighted by molar-refractivity contribution is 6.39. The SMILES string of the molecule is COc1cccc(N2C(=O)NC(=O)/C(=C\c3ccc(N4CCCCCC4)cc3)C2=O)c1. The lowest BCUT2D eigenvalue weighted by atomic mass is 10.1. The van der Waals surface area contributed by atoms with Crippen LogP contribution in [0.1, 0.15) is 31.2 Å². The molecule has 0 radical (unpaired) electrons. The molecule has 2 aliphatic rings. The van der Waals surface area contributed by atoms with Crippen LogP contribution in [-0.2, 0) is 9.59 Å². The minimum Gasteiger partial charge on any atom is -0.497 e. The van der Waals surface area contributed by atoms with E-state index in [1.165, 1.54) is 38.9 Å². The maximum Gasteiger partial charge on any atom is 0.335 e. The van der Waals surface area contributed by atoms with Crippen molar-refractivity contribution in [2.75, 3.05) is 30.0 Å². The van der Waals surface area contributed by atoms with Crippen molar-refractivity contribution < 1.29 is 19.1 Å². The summed E-state index contributed by atoms with van der Waals surface area (Å²) in [5.41, 5.74) is 2.09. The molecule has 0 unspecified atom stereocenters. The van der Waals surface area contributed by atoms with Crippen molar-refractivity contribution in [2.24, 2.45) is 0 Å². The molecular weight excluding hydrogens is 394 g/mol. The minimum atomic E-state index is -0.781. The number of carbonyl (C=O) groups excluding carboxylic acids is 3. The smallest absolute Gasteiger partial charge is 0.335 e. The van der Waals surface area contributed by atoms with E-state index in [1.54, 1.807) is 24.3 Å². The number of nitrogens with zero attached hydrogens (tertiary/aromatic N) is 2. The average molecular weight is 419 g/mol. The van der Waals surface area contributed by atoms with Gasteiger partial charge in [0.2, 0.25) is 0 Å². The Morgan fingerprint density at radius 2 is 1.61 bits per heavy atom. The minimum absolute atomic E-state index is 0.0926. The predicted octanol–water partition coefficient (Wildman–Crippen LogP) is 3.74. The molecule has 0 aliphatic carbocycles. The molecule has 0 atom stereocenters. The van der Waals surface area contributed by atoms with Gasteiger partial charge in [0.15, 0.2) is 0 Å². The first-order chi connectivity index (χ1) is 15.1. The van der Waals surface area contributed by atoms with Crippen LogP contribution in [0.2, 0.25) is 0 Å². The zero-order chi connectivity index (χ0) is 21.8. The highest BCUT2D eigenvalue weighted by Gasteiger charge is 2.36. The second-order valence-electron chi connectivity index (χ2n) is 7.65. The lowest BCUT2D eigenvalue weighted by Crippen LogP contribution is -2.54. The lowest BCUT2D eigenvalue weighted by molar-refractivity contribution is -0.122. The summed E-state index contributed by atoms with van der Waals surface area (Å²) in [6.45, 7) is 2.08. The highest BCUT2D eigenvalue weighted by atomic mass is 16.5. The fourth-order valence-corrected chi connectivity index (χ4v) is 3.92. The first-order valence-electron chi connectivity index (χ1n) is 10.5. The Balaban J connectivity index is 1.59. The van der Waals surface area contributed by atoms with Crippen molar-refractivity contribution in [2.45, 2.75) is 25.7 Å². The monoisotopic (exact) mass is 419 g/mol. The van der Waals surface area contributed by atoms with Gasteiger partial charge in [-0.15, -0.1) is 0 Å². The van der Waals surface area contributed by atoms with Gasteiger partial charge in [0.25, 0.3) is 11.8 Å². The Bertz CT molecular complexity index is 1020. The quantitative estimate of drug-likeness (QED) is 0.603. The van der Waals surface area contributed by atoms with E-state index in [9.17, 15) is 14.4 Å². The summed E-state index contributed by atoms with van der Waals surface area (Å²) in [4.78, 5) is 41.1. The van der Waals surface area contributed by atoms with Crippen LogP contribution in [-0.4, -0.2) is 38.0 Å². The molecule has 7 heteroatoms. The third-order valence-corrected chi connectivity index (χ3v) is 5.59. The van der Waals surface area contributed by atoms with Gasteiger partial charge in [-0.3, -0.25) is 14.9 Å². The molecule has 0 spiro atoms. The van der Waals surface area contributed by atoms with E-state index in [4.69, 9.17) is 4.74 Å². The first-order valence-corrected chi connectivity index (χ1v) is 10.5. The van der Waals surface area contributed by atoms with Crippen molar-refractivity contribution in [3.8, 4) is 5.75 Å². The summed E-state index contributed by atoms with van der Waals surface area (Å²) in [5, 5.41) is 2.25. The van der Waals surface area contributed by atoms with Gasteiger partial charge in [-0.1, -0.05) is 31.0 Å². The van der Waals surface area contributed by atoms with Gasteiger partial charge in [0.05, 0.1) is 12.8 Å². The fraction of sp³-hybridized carbons (Fsp3) is 0.292. The number of anilines is 2. The molecule has 0 aromatic heterocycles. The Hall–Kier alpha value is -3.61. The highest BCUT2D eigenvalue weighted by Crippen LogP contribution is 2.26. The molecule has 0 bridgehead atoms. The Morgan fingerprint density at radius 3 is 2.29 bits per heavy atom. The molecular formula is C24H25N3O4. The molecule has 4 amide bonds. The zero-order valence-electron chi connectivity index (χ0n) is 17.5. The molecule has 2 aromatic rings. The fourth-order valence-electron chi connectivity index (χ4n) is 3.92. The van der Waals surface area contributed by atoms with Crippen molar-refractivity contribution in [3.05, 3.63) is 59.7 Å². The van der Waals surface area contributed by atoms with E-state index < -0.39 is 17.8 Å². The summed E-state index contributed by atoms with van der Waals surface area (Å²) in [6, 6.07) is 13.6. The Morgan fingerprint density at radius 1 is 0.903 bits per heavy atom. The topological polar surface area (TPSA) is 79.0 Å². The summed E-state index contributed by atoms with van der Waals surface area (Å²) in [6.07, 6.45) is 6.42. The number of hydrogen-bond acceptors (Lipinski definition) is 5. The Kier molecular flexibility index (Phi) is 6.02. The molecule has 0 saturated carbocycles. The number of amides is 4. The number of benzene rings is 2. The van der Waals surface area contributed by atoms with E-state index in [1.807, 2.05) is 24.3 Å².